The number of benzene rings is 2. The maximum absolute atomic E-state index is 13.7. The highest BCUT2D eigenvalue weighted by atomic mass is 127. The summed E-state index contributed by atoms with van der Waals surface area (Å²) in [6.07, 6.45) is 1.88. The van der Waals surface area contributed by atoms with Crippen molar-refractivity contribution in [3.05, 3.63) is 117 Å². The third-order valence-electron chi connectivity index (χ3n) is 5.33. The molecule has 8 heteroatoms. The van der Waals surface area contributed by atoms with Gasteiger partial charge in [0.15, 0.2) is 4.80 Å². The highest BCUT2D eigenvalue weighted by molar-refractivity contribution is 14.1. The number of fused-ring (bicyclic) bond motifs is 1. The van der Waals surface area contributed by atoms with E-state index in [-0.39, 0.29) is 12.2 Å². The van der Waals surface area contributed by atoms with Crippen LogP contribution in [0.25, 0.3) is 11.8 Å². The molecule has 0 unspecified atom stereocenters. The molecule has 1 aliphatic rings. The Labute approximate surface area is 217 Å². The molecule has 34 heavy (non-hydrogen) atoms. The van der Waals surface area contributed by atoms with Crippen LogP contribution in [-0.4, -0.2) is 17.1 Å². The van der Waals surface area contributed by atoms with E-state index in [1.165, 1.54) is 22.7 Å². The zero-order valence-corrected chi connectivity index (χ0v) is 21.9. The van der Waals surface area contributed by atoms with Gasteiger partial charge in [-0.05, 0) is 64.7 Å². The first-order valence-electron chi connectivity index (χ1n) is 10.6. The van der Waals surface area contributed by atoms with Gasteiger partial charge in [-0.2, -0.15) is 0 Å². The Morgan fingerprint density at radius 1 is 1.15 bits per heavy atom. The van der Waals surface area contributed by atoms with E-state index in [2.05, 4.69) is 22.6 Å². The number of rotatable bonds is 5. The molecule has 1 aliphatic heterocycles. The van der Waals surface area contributed by atoms with Gasteiger partial charge in [0, 0.05) is 14.0 Å². The van der Waals surface area contributed by atoms with Crippen molar-refractivity contribution in [2.24, 2.45) is 4.99 Å². The van der Waals surface area contributed by atoms with Crippen LogP contribution < -0.4 is 14.9 Å². The van der Waals surface area contributed by atoms with Crippen LogP contribution in [0.3, 0.4) is 0 Å². The molecule has 0 spiro atoms. The smallest absolute Gasteiger partial charge is 0.338 e. The summed E-state index contributed by atoms with van der Waals surface area (Å²) in [5.74, 6) is -0.463. The molecule has 4 aromatic rings. The van der Waals surface area contributed by atoms with Crippen LogP contribution in [0.15, 0.2) is 87.5 Å². The number of aromatic nitrogens is 1. The minimum Gasteiger partial charge on any atom is -0.463 e. The van der Waals surface area contributed by atoms with E-state index in [4.69, 9.17) is 9.73 Å². The lowest BCUT2D eigenvalue weighted by molar-refractivity contribution is -0.138. The number of carbonyl (C=O) groups excluding carboxylic acids is 1. The molecular formula is C26H19IN2O3S2. The number of ether oxygens (including phenoxy) is 1. The van der Waals surface area contributed by atoms with Crippen LogP contribution in [0, 0.1) is 3.57 Å². The molecule has 0 radical (unpaired) electrons. The van der Waals surface area contributed by atoms with Crippen LogP contribution in [-0.2, 0) is 9.53 Å². The Hall–Kier alpha value is -2.82. The summed E-state index contributed by atoms with van der Waals surface area (Å²) in [5, 5.41) is 1.95. The molecule has 3 heterocycles. The maximum Gasteiger partial charge on any atom is 0.338 e. The van der Waals surface area contributed by atoms with Crippen molar-refractivity contribution in [2.45, 2.75) is 13.0 Å². The monoisotopic (exact) mass is 598 g/mol. The second-order valence-corrected chi connectivity index (χ2v) is 10.7. The van der Waals surface area contributed by atoms with E-state index in [1.54, 1.807) is 11.5 Å². The fraction of sp³-hybridized carbons (Fsp3) is 0.115. The van der Waals surface area contributed by atoms with Crippen molar-refractivity contribution in [2.75, 3.05) is 6.61 Å². The van der Waals surface area contributed by atoms with E-state index in [0.29, 0.717) is 20.6 Å². The van der Waals surface area contributed by atoms with Crippen molar-refractivity contribution in [1.29, 1.82) is 0 Å². The summed E-state index contributed by atoms with van der Waals surface area (Å²) in [6.45, 7) is 2.01. The van der Waals surface area contributed by atoms with E-state index < -0.39 is 12.0 Å². The third-order valence-corrected chi connectivity index (χ3v) is 7.91. The average Bonchev–Trinajstić information content (AvgIpc) is 3.47. The molecule has 170 valence electrons. The average molecular weight is 598 g/mol. The summed E-state index contributed by atoms with van der Waals surface area (Å²) in [6, 6.07) is 20.8. The van der Waals surface area contributed by atoms with Crippen LogP contribution >= 0.6 is 45.3 Å². The molecule has 1 atom stereocenters. The topological polar surface area (TPSA) is 60.7 Å². The second-order valence-electron chi connectivity index (χ2n) is 7.50. The molecule has 0 bridgehead atoms. The summed E-state index contributed by atoms with van der Waals surface area (Å²) >= 11 is 5.09. The van der Waals surface area contributed by atoms with Crippen molar-refractivity contribution >= 4 is 63.0 Å². The molecule has 0 saturated heterocycles. The minimum absolute atomic E-state index is 0.171. The quantitative estimate of drug-likeness (QED) is 0.249. The first-order chi connectivity index (χ1) is 16.6. The summed E-state index contributed by atoms with van der Waals surface area (Å²) in [7, 11) is 0. The summed E-state index contributed by atoms with van der Waals surface area (Å²) in [5.41, 5.74) is 2.50. The predicted molar refractivity (Wildman–Crippen MR) is 145 cm³/mol. The third kappa shape index (κ3) is 4.33. The van der Waals surface area contributed by atoms with E-state index in [1.807, 2.05) is 78.2 Å². The fourth-order valence-corrected chi connectivity index (χ4v) is 6.30. The number of nitrogens with zero attached hydrogens (tertiary/aromatic N) is 2. The van der Waals surface area contributed by atoms with Gasteiger partial charge in [0.25, 0.3) is 5.56 Å². The maximum atomic E-state index is 13.7. The van der Waals surface area contributed by atoms with E-state index in [9.17, 15) is 9.59 Å². The van der Waals surface area contributed by atoms with Gasteiger partial charge in [-0.25, -0.2) is 9.79 Å². The van der Waals surface area contributed by atoms with E-state index >= 15 is 0 Å². The van der Waals surface area contributed by atoms with Crippen molar-refractivity contribution in [1.82, 2.24) is 4.57 Å². The molecule has 0 N–H and O–H groups in total. The van der Waals surface area contributed by atoms with Gasteiger partial charge in [0.2, 0.25) is 0 Å². The minimum atomic E-state index is -0.608. The molecule has 2 aromatic heterocycles. The lowest BCUT2D eigenvalue weighted by atomic mass is 9.97. The second kappa shape index (κ2) is 9.81. The predicted octanol–water partition coefficient (Wildman–Crippen LogP) is 4.60. The number of halogens is 1. The van der Waals surface area contributed by atoms with Gasteiger partial charge in [-0.1, -0.05) is 59.9 Å². The van der Waals surface area contributed by atoms with Gasteiger partial charge < -0.3 is 4.74 Å². The summed E-state index contributed by atoms with van der Waals surface area (Å²) < 4.78 is 8.75. The van der Waals surface area contributed by atoms with E-state index in [0.717, 1.165) is 19.6 Å². The Morgan fingerprint density at radius 3 is 2.68 bits per heavy atom. The van der Waals surface area contributed by atoms with Crippen LogP contribution in [0.4, 0.5) is 0 Å². The standard InChI is InChI=1S/C26H19IN2O3S2/c1-2-32-25(31)21-22(17-9-4-3-5-10-17)28-26-29(23(21)19-12-7-13-33-19)24(30)20(34-26)15-16-8-6-11-18(27)14-16/h3-15,23H,2H2,1H3/b20-15+/t23-/m0/s1. The van der Waals surface area contributed by atoms with Gasteiger partial charge in [0.05, 0.1) is 22.4 Å². The highest BCUT2D eigenvalue weighted by Crippen LogP contribution is 2.36. The molecule has 5 nitrogen and oxygen atoms in total. The molecule has 0 amide bonds. The Bertz CT molecular complexity index is 1570. The number of thiophene rings is 1. The zero-order chi connectivity index (χ0) is 23.7. The molecule has 5 rings (SSSR count). The fourth-order valence-electron chi connectivity index (χ4n) is 3.90. The SMILES string of the molecule is CCOC(=O)C1=C(c2ccccc2)N=c2s/c(=C/c3cccc(I)c3)c(=O)n2[C@H]1c1cccs1. The number of hydrogen-bond donors (Lipinski definition) is 0. The van der Waals surface area contributed by atoms with Gasteiger partial charge in [-0.15, -0.1) is 11.3 Å². The number of hydrogen-bond acceptors (Lipinski definition) is 6. The van der Waals surface area contributed by atoms with Gasteiger partial charge in [-0.3, -0.25) is 9.36 Å². The van der Waals surface area contributed by atoms with Crippen molar-refractivity contribution in [3.8, 4) is 0 Å². The number of thiazole rings is 1. The largest absolute Gasteiger partial charge is 0.463 e. The number of carbonyl (C=O) groups is 1. The normalized spacial score (nSPS) is 15.7. The van der Waals surface area contributed by atoms with Gasteiger partial charge >= 0.3 is 5.97 Å². The van der Waals surface area contributed by atoms with Crippen LogP contribution in [0.2, 0.25) is 0 Å². The highest BCUT2D eigenvalue weighted by Gasteiger charge is 2.35. The molecule has 0 saturated carbocycles. The van der Waals surface area contributed by atoms with Crippen LogP contribution in [0.5, 0.6) is 0 Å². The van der Waals surface area contributed by atoms with Crippen molar-refractivity contribution < 1.29 is 9.53 Å². The number of esters is 1. The Kier molecular flexibility index (Phi) is 6.62. The Balaban J connectivity index is 1.82. The molecule has 0 fully saturated rings. The van der Waals surface area contributed by atoms with Crippen molar-refractivity contribution in [3.63, 3.8) is 0 Å². The summed E-state index contributed by atoms with van der Waals surface area (Å²) in [4.78, 5) is 33.3. The lowest BCUT2D eigenvalue weighted by Gasteiger charge is -2.24. The molecule has 0 aliphatic carbocycles. The van der Waals surface area contributed by atoms with Crippen LogP contribution in [0.1, 0.15) is 29.0 Å². The first-order valence-corrected chi connectivity index (χ1v) is 13.4. The molecular weight excluding hydrogens is 579 g/mol. The molecule has 2 aromatic carbocycles. The van der Waals surface area contributed by atoms with Gasteiger partial charge in [0.1, 0.15) is 6.04 Å². The first kappa shape index (κ1) is 22.9. The zero-order valence-electron chi connectivity index (χ0n) is 18.1. The lowest BCUT2D eigenvalue weighted by Crippen LogP contribution is -2.39. The Morgan fingerprint density at radius 2 is 1.97 bits per heavy atom.